The lowest BCUT2D eigenvalue weighted by atomic mass is 9.96. The lowest BCUT2D eigenvalue weighted by Crippen LogP contribution is -2.14. The second-order valence-electron chi connectivity index (χ2n) is 4.10. The Labute approximate surface area is 84.7 Å². The molecule has 1 aromatic carbocycles. The molecular formula is C12H17NO. The van der Waals surface area contributed by atoms with E-state index in [2.05, 4.69) is 6.92 Å². The number of aryl methyl sites for hydroxylation is 1. The van der Waals surface area contributed by atoms with Crippen molar-refractivity contribution < 1.29 is 5.11 Å². The maximum atomic E-state index is 9.36. The summed E-state index contributed by atoms with van der Waals surface area (Å²) in [5, 5.41) is 9.36. The summed E-state index contributed by atoms with van der Waals surface area (Å²) in [7, 11) is 0. The van der Waals surface area contributed by atoms with Crippen molar-refractivity contribution in [3.63, 3.8) is 0 Å². The van der Waals surface area contributed by atoms with Gasteiger partial charge in [0.1, 0.15) is 5.75 Å². The third-order valence-electron chi connectivity index (χ3n) is 3.00. The highest BCUT2D eigenvalue weighted by atomic mass is 16.3. The quantitative estimate of drug-likeness (QED) is 0.770. The topological polar surface area (TPSA) is 46.2 Å². The van der Waals surface area contributed by atoms with E-state index in [0.717, 1.165) is 6.42 Å². The Bertz CT molecular complexity index is 331. The van der Waals surface area contributed by atoms with E-state index in [0.29, 0.717) is 11.7 Å². The third kappa shape index (κ3) is 1.75. The van der Waals surface area contributed by atoms with E-state index in [4.69, 9.17) is 5.73 Å². The van der Waals surface area contributed by atoms with Crippen molar-refractivity contribution >= 4 is 0 Å². The van der Waals surface area contributed by atoms with E-state index >= 15 is 0 Å². The zero-order valence-corrected chi connectivity index (χ0v) is 8.53. The van der Waals surface area contributed by atoms with Crippen molar-refractivity contribution in [2.24, 2.45) is 11.7 Å². The average Bonchev–Trinajstić information content (AvgIpc) is 3.00. The van der Waals surface area contributed by atoms with Crippen LogP contribution in [0.4, 0.5) is 0 Å². The van der Waals surface area contributed by atoms with E-state index in [1.807, 2.05) is 12.1 Å². The molecule has 2 rings (SSSR count). The van der Waals surface area contributed by atoms with Gasteiger partial charge in [-0.15, -0.1) is 0 Å². The van der Waals surface area contributed by atoms with Crippen LogP contribution in [0.15, 0.2) is 18.2 Å². The van der Waals surface area contributed by atoms with Gasteiger partial charge in [0.25, 0.3) is 0 Å². The second kappa shape index (κ2) is 3.62. The summed E-state index contributed by atoms with van der Waals surface area (Å²) in [6.07, 6.45) is 3.44. The van der Waals surface area contributed by atoms with Crippen LogP contribution >= 0.6 is 0 Å². The fourth-order valence-corrected chi connectivity index (χ4v) is 1.93. The first-order chi connectivity index (χ1) is 6.72. The predicted octanol–water partition coefficient (Wildman–Crippen LogP) is 2.36. The Morgan fingerprint density at radius 1 is 1.50 bits per heavy atom. The molecule has 0 aromatic heterocycles. The normalized spacial score (nSPS) is 18.1. The van der Waals surface area contributed by atoms with Gasteiger partial charge in [0.05, 0.1) is 0 Å². The van der Waals surface area contributed by atoms with Crippen LogP contribution in [-0.4, -0.2) is 5.11 Å². The molecule has 1 aromatic rings. The monoisotopic (exact) mass is 191 g/mol. The molecule has 0 saturated heterocycles. The molecule has 3 N–H and O–H groups in total. The number of nitrogens with two attached hydrogens (primary N) is 1. The number of rotatable bonds is 3. The summed E-state index contributed by atoms with van der Waals surface area (Å²) in [4.78, 5) is 0. The number of hydrogen-bond acceptors (Lipinski definition) is 2. The molecule has 14 heavy (non-hydrogen) atoms. The minimum absolute atomic E-state index is 0.172. The van der Waals surface area contributed by atoms with Gasteiger partial charge in [-0.3, -0.25) is 0 Å². The Hall–Kier alpha value is -1.02. The van der Waals surface area contributed by atoms with Crippen molar-refractivity contribution in [3.8, 4) is 5.75 Å². The molecule has 2 nitrogen and oxygen atoms in total. The first-order valence-corrected chi connectivity index (χ1v) is 5.29. The van der Waals surface area contributed by atoms with Gasteiger partial charge in [0, 0.05) is 6.04 Å². The molecule has 0 bridgehead atoms. The lowest BCUT2D eigenvalue weighted by molar-refractivity contribution is 0.473. The molecule has 0 radical (unpaired) electrons. The molecule has 0 spiro atoms. The molecule has 1 saturated carbocycles. The van der Waals surface area contributed by atoms with E-state index in [-0.39, 0.29) is 6.04 Å². The molecule has 1 aliphatic rings. The Balaban J connectivity index is 2.30. The van der Waals surface area contributed by atoms with Crippen molar-refractivity contribution in [2.75, 3.05) is 0 Å². The van der Waals surface area contributed by atoms with E-state index in [1.165, 1.54) is 24.0 Å². The van der Waals surface area contributed by atoms with Crippen LogP contribution in [0.2, 0.25) is 0 Å². The van der Waals surface area contributed by atoms with Gasteiger partial charge in [-0.25, -0.2) is 0 Å². The van der Waals surface area contributed by atoms with Gasteiger partial charge in [0.15, 0.2) is 0 Å². The van der Waals surface area contributed by atoms with Crippen LogP contribution in [0.1, 0.15) is 36.9 Å². The number of hydrogen-bond donors (Lipinski definition) is 2. The highest BCUT2D eigenvalue weighted by molar-refractivity contribution is 5.37. The fourth-order valence-electron chi connectivity index (χ4n) is 1.93. The largest absolute Gasteiger partial charge is 0.508 e. The van der Waals surface area contributed by atoms with Gasteiger partial charge < -0.3 is 10.8 Å². The first-order valence-electron chi connectivity index (χ1n) is 5.29. The number of phenols is 1. The van der Waals surface area contributed by atoms with Crippen molar-refractivity contribution in [3.05, 3.63) is 29.3 Å². The van der Waals surface area contributed by atoms with Crippen molar-refractivity contribution in [1.82, 2.24) is 0 Å². The summed E-state index contributed by atoms with van der Waals surface area (Å²) in [5.74, 6) is 1.01. The van der Waals surface area contributed by atoms with Crippen LogP contribution in [0, 0.1) is 5.92 Å². The molecular weight excluding hydrogens is 174 g/mol. The Kier molecular flexibility index (Phi) is 2.46. The zero-order chi connectivity index (χ0) is 10.1. The number of aromatic hydroxyl groups is 1. The molecule has 0 heterocycles. The fraction of sp³-hybridized carbons (Fsp3) is 0.500. The second-order valence-corrected chi connectivity index (χ2v) is 4.10. The highest BCUT2D eigenvalue weighted by Gasteiger charge is 2.30. The summed E-state index contributed by atoms with van der Waals surface area (Å²) < 4.78 is 0. The first kappa shape index (κ1) is 9.53. The minimum Gasteiger partial charge on any atom is -0.508 e. The molecule has 0 amide bonds. The molecule has 1 fully saturated rings. The molecule has 0 unspecified atom stereocenters. The van der Waals surface area contributed by atoms with Crippen LogP contribution in [0.5, 0.6) is 5.75 Å². The summed E-state index contributed by atoms with van der Waals surface area (Å²) in [5.41, 5.74) is 8.55. The summed E-state index contributed by atoms with van der Waals surface area (Å²) in [6, 6.07) is 5.70. The van der Waals surface area contributed by atoms with Crippen LogP contribution < -0.4 is 5.73 Å². The van der Waals surface area contributed by atoms with E-state index < -0.39 is 0 Å². The molecule has 2 heteroatoms. The van der Waals surface area contributed by atoms with E-state index in [1.54, 1.807) is 6.07 Å². The zero-order valence-electron chi connectivity index (χ0n) is 8.53. The Morgan fingerprint density at radius 2 is 2.21 bits per heavy atom. The SMILES string of the molecule is CCc1cc(O)ccc1[C@H](N)C1CC1. The van der Waals surface area contributed by atoms with Gasteiger partial charge in [-0.2, -0.15) is 0 Å². The van der Waals surface area contributed by atoms with Gasteiger partial charge in [-0.1, -0.05) is 13.0 Å². The number of benzene rings is 1. The predicted molar refractivity (Wildman–Crippen MR) is 57.1 cm³/mol. The standard InChI is InChI=1S/C12H17NO/c1-2-8-7-10(14)5-6-11(8)12(13)9-3-4-9/h5-7,9,12,14H,2-4,13H2,1H3/t12-/m1/s1. The van der Waals surface area contributed by atoms with E-state index in [9.17, 15) is 5.11 Å². The Morgan fingerprint density at radius 3 is 2.79 bits per heavy atom. The minimum atomic E-state index is 0.172. The maximum Gasteiger partial charge on any atom is 0.115 e. The van der Waals surface area contributed by atoms with Crippen LogP contribution in [-0.2, 0) is 6.42 Å². The summed E-state index contributed by atoms with van der Waals surface area (Å²) >= 11 is 0. The average molecular weight is 191 g/mol. The molecule has 1 atom stereocenters. The summed E-state index contributed by atoms with van der Waals surface area (Å²) in [6.45, 7) is 2.10. The lowest BCUT2D eigenvalue weighted by Gasteiger charge is -2.15. The van der Waals surface area contributed by atoms with Gasteiger partial charge >= 0.3 is 0 Å². The smallest absolute Gasteiger partial charge is 0.115 e. The van der Waals surface area contributed by atoms with Gasteiger partial charge in [0.2, 0.25) is 0 Å². The molecule has 76 valence electrons. The number of phenolic OH excluding ortho intramolecular Hbond substituents is 1. The van der Waals surface area contributed by atoms with Crippen LogP contribution in [0.3, 0.4) is 0 Å². The van der Waals surface area contributed by atoms with Crippen LogP contribution in [0.25, 0.3) is 0 Å². The maximum absolute atomic E-state index is 9.36. The van der Waals surface area contributed by atoms with Gasteiger partial charge in [-0.05, 0) is 48.4 Å². The highest BCUT2D eigenvalue weighted by Crippen LogP contribution is 2.40. The molecule has 0 aliphatic heterocycles. The third-order valence-corrected chi connectivity index (χ3v) is 3.00. The van der Waals surface area contributed by atoms with Crippen molar-refractivity contribution in [2.45, 2.75) is 32.2 Å². The molecule has 1 aliphatic carbocycles. The van der Waals surface area contributed by atoms with Crippen molar-refractivity contribution in [1.29, 1.82) is 0 Å².